The summed E-state index contributed by atoms with van der Waals surface area (Å²) < 4.78 is 7.20. The quantitative estimate of drug-likeness (QED) is 0.740. The number of halogens is 1. The Balaban J connectivity index is 1.72. The largest absolute Gasteiger partial charge is 0.493 e. The van der Waals surface area contributed by atoms with Gasteiger partial charge in [0.15, 0.2) is 0 Å². The van der Waals surface area contributed by atoms with Crippen molar-refractivity contribution >= 4 is 27.7 Å². The lowest BCUT2D eigenvalue weighted by Gasteiger charge is -2.14. The summed E-state index contributed by atoms with van der Waals surface area (Å²) in [5.41, 5.74) is 3.88. The maximum atomic E-state index is 6.03. The molecule has 1 aliphatic heterocycles. The van der Waals surface area contributed by atoms with Crippen molar-refractivity contribution in [3.05, 3.63) is 57.6 Å². The molecule has 0 saturated heterocycles. The van der Waals surface area contributed by atoms with E-state index in [1.807, 2.05) is 11.8 Å². The van der Waals surface area contributed by atoms with Gasteiger partial charge in [0, 0.05) is 21.0 Å². The van der Waals surface area contributed by atoms with E-state index in [-0.39, 0.29) is 0 Å². The maximum Gasteiger partial charge on any atom is 0.119 e. The summed E-state index contributed by atoms with van der Waals surface area (Å²) in [5, 5.41) is 0. The second-order valence-corrected chi connectivity index (χ2v) is 7.08. The van der Waals surface area contributed by atoms with Crippen molar-refractivity contribution in [2.75, 3.05) is 12.4 Å². The highest BCUT2D eigenvalue weighted by Gasteiger charge is 2.23. The van der Waals surface area contributed by atoms with Gasteiger partial charge in [-0.05, 0) is 48.7 Å². The third-order valence-corrected chi connectivity index (χ3v) is 6.16. The van der Waals surface area contributed by atoms with Crippen LogP contribution in [0.3, 0.4) is 0 Å². The van der Waals surface area contributed by atoms with Gasteiger partial charge in [0.25, 0.3) is 0 Å². The minimum Gasteiger partial charge on any atom is -0.493 e. The van der Waals surface area contributed by atoms with Crippen LogP contribution in [0.15, 0.2) is 45.8 Å². The van der Waals surface area contributed by atoms with Gasteiger partial charge in [0.1, 0.15) is 5.75 Å². The minimum atomic E-state index is 0.500. The van der Waals surface area contributed by atoms with E-state index in [2.05, 4.69) is 66.2 Å². The molecule has 0 amide bonds. The van der Waals surface area contributed by atoms with E-state index in [1.54, 1.807) is 0 Å². The number of fused-ring (bicyclic) bond motifs is 1. The Labute approximate surface area is 132 Å². The Hall–Kier alpha value is -0.930. The lowest BCUT2D eigenvalue weighted by Crippen LogP contribution is -2.10. The van der Waals surface area contributed by atoms with E-state index in [1.165, 1.54) is 26.1 Å². The van der Waals surface area contributed by atoms with Crippen molar-refractivity contribution in [2.45, 2.75) is 24.7 Å². The first-order valence-electron chi connectivity index (χ1n) is 6.76. The third-order valence-electron chi connectivity index (χ3n) is 3.66. The van der Waals surface area contributed by atoms with Crippen LogP contribution in [-0.4, -0.2) is 12.4 Å². The molecular weight excluding hydrogens is 332 g/mol. The van der Waals surface area contributed by atoms with Gasteiger partial charge in [0.2, 0.25) is 0 Å². The predicted molar refractivity (Wildman–Crippen MR) is 89.0 cm³/mol. The molecule has 2 aromatic rings. The molecule has 2 aromatic carbocycles. The highest BCUT2D eigenvalue weighted by molar-refractivity contribution is 9.10. The number of thioether (sulfide) groups is 1. The first kappa shape index (κ1) is 14.0. The summed E-state index contributed by atoms with van der Waals surface area (Å²) in [7, 11) is 0. The van der Waals surface area contributed by atoms with Crippen LogP contribution in [-0.2, 0) is 0 Å². The topological polar surface area (TPSA) is 9.23 Å². The number of ether oxygens (including phenoxy) is 1. The number of rotatable bonds is 3. The van der Waals surface area contributed by atoms with Crippen molar-refractivity contribution in [1.29, 1.82) is 0 Å². The Morgan fingerprint density at radius 2 is 1.90 bits per heavy atom. The van der Waals surface area contributed by atoms with E-state index in [0.717, 1.165) is 18.1 Å². The number of hydrogen-bond acceptors (Lipinski definition) is 2. The van der Waals surface area contributed by atoms with Crippen LogP contribution < -0.4 is 4.74 Å². The zero-order valence-electron chi connectivity index (χ0n) is 11.7. The Morgan fingerprint density at radius 1 is 1.20 bits per heavy atom. The molecule has 0 fully saturated rings. The zero-order valence-corrected chi connectivity index (χ0v) is 14.1. The summed E-state index contributed by atoms with van der Waals surface area (Å²) in [4.78, 5) is 1.41. The molecule has 1 atom stereocenters. The van der Waals surface area contributed by atoms with Crippen LogP contribution in [0.1, 0.15) is 22.6 Å². The van der Waals surface area contributed by atoms with Gasteiger partial charge >= 0.3 is 0 Å². The number of hydrogen-bond donors (Lipinski definition) is 0. The SMILES string of the molecule is Cc1cc(OCC2CSc3ccccc32)cc(C)c1Br. The molecule has 1 heterocycles. The van der Waals surface area contributed by atoms with Gasteiger partial charge in [-0.2, -0.15) is 0 Å². The van der Waals surface area contributed by atoms with Crippen LogP contribution in [0.5, 0.6) is 5.75 Å². The van der Waals surface area contributed by atoms with Crippen molar-refractivity contribution in [3.8, 4) is 5.75 Å². The molecule has 0 spiro atoms. The third kappa shape index (κ3) is 2.75. The highest BCUT2D eigenvalue weighted by atomic mass is 79.9. The van der Waals surface area contributed by atoms with Crippen LogP contribution in [0.4, 0.5) is 0 Å². The van der Waals surface area contributed by atoms with Crippen molar-refractivity contribution in [2.24, 2.45) is 0 Å². The summed E-state index contributed by atoms with van der Waals surface area (Å²) in [6.45, 7) is 4.96. The van der Waals surface area contributed by atoms with E-state index < -0.39 is 0 Å². The molecule has 0 saturated carbocycles. The fraction of sp³-hybridized carbons (Fsp3) is 0.294. The second kappa shape index (κ2) is 5.82. The Kier molecular flexibility index (Phi) is 4.08. The molecule has 104 valence electrons. The average molecular weight is 349 g/mol. The van der Waals surface area contributed by atoms with Crippen molar-refractivity contribution < 1.29 is 4.74 Å². The van der Waals surface area contributed by atoms with Gasteiger partial charge in [-0.1, -0.05) is 34.1 Å². The molecule has 1 nitrogen and oxygen atoms in total. The lowest BCUT2D eigenvalue weighted by atomic mass is 10.0. The minimum absolute atomic E-state index is 0.500. The van der Waals surface area contributed by atoms with Crippen LogP contribution >= 0.6 is 27.7 Å². The monoisotopic (exact) mass is 348 g/mol. The summed E-state index contributed by atoms with van der Waals surface area (Å²) in [6.07, 6.45) is 0. The molecule has 0 radical (unpaired) electrons. The van der Waals surface area contributed by atoms with Crippen molar-refractivity contribution in [1.82, 2.24) is 0 Å². The fourth-order valence-corrected chi connectivity index (χ4v) is 4.02. The second-order valence-electron chi connectivity index (χ2n) is 5.23. The number of aryl methyl sites for hydroxylation is 2. The molecule has 0 aromatic heterocycles. The molecule has 0 bridgehead atoms. The molecule has 20 heavy (non-hydrogen) atoms. The van der Waals surface area contributed by atoms with Crippen molar-refractivity contribution in [3.63, 3.8) is 0 Å². The predicted octanol–water partition coefficient (Wildman–Crippen LogP) is 5.33. The molecule has 0 N–H and O–H groups in total. The van der Waals surface area contributed by atoms with Gasteiger partial charge in [0.05, 0.1) is 6.61 Å². The van der Waals surface area contributed by atoms with E-state index in [4.69, 9.17) is 4.74 Å². The van der Waals surface area contributed by atoms with Crippen LogP contribution in [0, 0.1) is 13.8 Å². The molecular formula is C17H17BrOS. The van der Waals surface area contributed by atoms with E-state index in [9.17, 15) is 0 Å². The normalized spacial score (nSPS) is 17.1. The number of benzene rings is 2. The van der Waals surface area contributed by atoms with Gasteiger partial charge in [-0.3, -0.25) is 0 Å². The summed E-state index contributed by atoms with van der Waals surface area (Å²) in [5.74, 6) is 2.59. The first-order chi connectivity index (χ1) is 9.65. The van der Waals surface area contributed by atoms with E-state index >= 15 is 0 Å². The Bertz CT molecular complexity index is 616. The van der Waals surface area contributed by atoms with E-state index in [0.29, 0.717) is 5.92 Å². The molecule has 0 aliphatic carbocycles. The zero-order chi connectivity index (χ0) is 14.1. The van der Waals surface area contributed by atoms with Crippen LogP contribution in [0.2, 0.25) is 0 Å². The van der Waals surface area contributed by atoms with Gasteiger partial charge < -0.3 is 4.74 Å². The Morgan fingerprint density at radius 3 is 2.65 bits per heavy atom. The smallest absolute Gasteiger partial charge is 0.119 e. The first-order valence-corrected chi connectivity index (χ1v) is 8.54. The van der Waals surface area contributed by atoms with Gasteiger partial charge in [-0.25, -0.2) is 0 Å². The van der Waals surface area contributed by atoms with Crippen LogP contribution in [0.25, 0.3) is 0 Å². The highest BCUT2D eigenvalue weighted by Crippen LogP contribution is 2.39. The van der Waals surface area contributed by atoms with Gasteiger partial charge in [-0.15, -0.1) is 11.8 Å². The fourth-order valence-electron chi connectivity index (χ4n) is 2.55. The molecule has 1 aliphatic rings. The summed E-state index contributed by atoms with van der Waals surface area (Å²) >= 11 is 5.53. The maximum absolute atomic E-state index is 6.03. The molecule has 1 unspecified atom stereocenters. The lowest BCUT2D eigenvalue weighted by molar-refractivity contribution is 0.297. The average Bonchev–Trinajstić information content (AvgIpc) is 2.85. The molecule has 3 heteroatoms. The summed E-state index contributed by atoms with van der Waals surface area (Å²) in [6, 6.07) is 12.9. The standard InChI is InChI=1S/C17H17BrOS/c1-11-7-14(8-12(2)17(11)18)19-9-13-10-20-16-6-4-3-5-15(13)16/h3-8,13H,9-10H2,1-2H3. The molecule has 3 rings (SSSR count).